The average Bonchev–Trinajstić information content (AvgIpc) is 2.38. The lowest BCUT2D eigenvalue weighted by atomic mass is 10.2. The molecule has 0 aliphatic heterocycles. The van der Waals surface area contributed by atoms with Gasteiger partial charge in [-0.25, -0.2) is 8.78 Å². The second-order valence-electron chi connectivity index (χ2n) is 3.72. The SMILES string of the molecule is N#Cc1ccccc1OS(=O)(=O)c1ccc(F)cc1F. The minimum Gasteiger partial charge on any atom is -0.377 e. The molecule has 0 aliphatic rings. The van der Waals surface area contributed by atoms with Crippen molar-refractivity contribution in [3.8, 4) is 11.8 Å². The second kappa shape index (κ2) is 5.27. The number of hydrogen-bond acceptors (Lipinski definition) is 4. The van der Waals surface area contributed by atoms with Crippen LogP contribution >= 0.6 is 0 Å². The van der Waals surface area contributed by atoms with E-state index in [4.69, 9.17) is 9.44 Å². The quantitative estimate of drug-likeness (QED) is 0.816. The van der Waals surface area contributed by atoms with Crippen molar-refractivity contribution in [3.63, 3.8) is 0 Å². The van der Waals surface area contributed by atoms with Gasteiger partial charge in [0.05, 0.1) is 5.56 Å². The third kappa shape index (κ3) is 2.75. The fraction of sp³-hybridized carbons (Fsp3) is 0. The number of halogens is 2. The molecule has 2 aromatic carbocycles. The van der Waals surface area contributed by atoms with E-state index in [0.717, 1.165) is 12.1 Å². The Hall–Kier alpha value is -2.46. The molecule has 2 aromatic rings. The Morgan fingerprint density at radius 2 is 1.80 bits per heavy atom. The largest absolute Gasteiger partial charge is 0.377 e. The first-order valence-electron chi connectivity index (χ1n) is 5.33. The highest BCUT2D eigenvalue weighted by atomic mass is 32.2. The summed E-state index contributed by atoms with van der Waals surface area (Å²) in [5.41, 5.74) is -0.0152. The summed E-state index contributed by atoms with van der Waals surface area (Å²) in [4.78, 5) is -0.799. The van der Waals surface area contributed by atoms with E-state index < -0.39 is 26.6 Å². The van der Waals surface area contributed by atoms with Gasteiger partial charge in [-0.1, -0.05) is 12.1 Å². The van der Waals surface area contributed by atoms with Crippen LogP contribution < -0.4 is 4.18 Å². The van der Waals surface area contributed by atoms with Gasteiger partial charge in [0, 0.05) is 6.07 Å². The fourth-order valence-electron chi connectivity index (χ4n) is 1.47. The van der Waals surface area contributed by atoms with E-state index in [0.29, 0.717) is 6.07 Å². The molecule has 0 aromatic heterocycles. The van der Waals surface area contributed by atoms with Crippen LogP contribution in [0.15, 0.2) is 47.4 Å². The average molecular weight is 295 g/mol. The zero-order valence-corrected chi connectivity index (χ0v) is 10.7. The molecule has 4 nitrogen and oxygen atoms in total. The van der Waals surface area contributed by atoms with Gasteiger partial charge in [-0.15, -0.1) is 0 Å². The topological polar surface area (TPSA) is 67.2 Å². The van der Waals surface area contributed by atoms with Crippen LogP contribution in [0.3, 0.4) is 0 Å². The zero-order chi connectivity index (χ0) is 14.8. The molecule has 0 atom stereocenters. The predicted molar refractivity (Wildman–Crippen MR) is 65.3 cm³/mol. The van der Waals surface area contributed by atoms with Gasteiger partial charge in [0.1, 0.15) is 22.6 Å². The standard InChI is InChI=1S/C13H7F2NO3S/c14-10-5-6-13(11(15)7-10)20(17,18)19-12-4-2-1-3-9(12)8-16/h1-7H. The Morgan fingerprint density at radius 1 is 1.10 bits per heavy atom. The van der Waals surface area contributed by atoms with E-state index in [1.165, 1.54) is 24.3 Å². The molecule has 0 N–H and O–H groups in total. The van der Waals surface area contributed by atoms with Crippen LogP contribution in [0.2, 0.25) is 0 Å². The van der Waals surface area contributed by atoms with E-state index in [1.807, 2.05) is 0 Å². The van der Waals surface area contributed by atoms with Crippen molar-refractivity contribution in [2.24, 2.45) is 0 Å². The van der Waals surface area contributed by atoms with E-state index >= 15 is 0 Å². The number of para-hydroxylation sites is 1. The van der Waals surface area contributed by atoms with E-state index in [9.17, 15) is 17.2 Å². The molecule has 0 amide bonds. The minimum atomic E-state index is -4.49. The van der Waals surface area contributed by atoms with E-state index in [-0.39, 0.29) is 11.3 Å². The molecule has 0 saturated carbocycles. The molecule has 0 aliphatic carbocycles. The van der Waals surface area contributed by atoms with Crippen molar-refractivity contribution in [1.29, 1.82) is 5.26 Å². The van der Waals surface area contributed by atoms with Crippen LogP contribution in [-0.2, 0) is 10.1 Å². The van der Waals surface area contributed by atoms with Crippen LogP contribution in [0.5, 0.6) is 5.75 Å². The summed E-state index contributed by atoms with van der Waals surface area (Å²) in [5, 5.41) is 8.83. The van der Waals surface area contributed by atoms with Crippen molar-refractivity contribution in [2.45, 2.75) is 4.90 Å². The molecule has 20 heavy (non-hydrogen) atoms. The van der Waals surface area contributed by atoms with Crippen LogP contribution in [0.25, 0.3) is 0 Å². The molecule has 0 fully saturated rings. The summed E-state index contributed by atoms with van der Waals surface area (Å²) in [5.74, 6) is -2.39. The highest BCUT2D eigenvalue weighted by molar-refractivity contribution is 7.87. The molecule has 2 rings (SSSR count). The fourth-order valence-corrected chi connectivity index (χ4v) is 2.48. The van der Waals surface area contributed by atoms with Gasteiger partial charge in [0.15, 0.2) is 5.75 Å². The number of rotatable bonds is 3. The van der Waals surface area contributed by atoms with E-state index in [1.54, 1.807) is 6.07 Å². The molecule has 0 saturated heterocycles. The lowest BCUT2D eigenvalue weighted by molar-refractivity contribution is 0.474. The Balaban J connectivity index is 2.44. The first-order valence-corrected chi connectivity index (χ1v) is 6.73. The van der Waals surface area contributed by atoms with Gasteiger partial charge in [0.25, 0.3) is 0 Å². The van der Waals surface area contributed by atoms with Crippen molar-refractivity contribution in [2.75, 3.05) is 0 Å². The Kier molecular flexibility index (Phi) is 3.68. The molecule has 0 radical (unpaired) electrons. The van der Waals surface area contributed by atoms with Crippen molar-refractivity contribution < 1.29 is 21.4 Å². The van der Waals surface area contributed by atoms with Crippen molar-refractivity contribution >= 4 is 10.1 Å². The van der Waals surface area contributed by atoms with Gasteiger partial charge in [0.2, 0.25) is 0 Å². The lowest BCUT2D eigenvalue weighted by Gasteiger charge is -2.08. The Morgan fingerprint density at radius 3 is 2.45 bits per heavy atom. The Bertz CT molecular complexity index is 798. The summed E-state index contributed by atoms with van der Waals surface area (Å²) in [6.07, 6.45) is 0. The number of hydrogen-bond donors (Lipinski definition) is 0. The molecule has 0 unspecified atom stereocenters. The highest BCUT2D eigenvalue weighted by Crippen LogP contribution is 2.24. The normalized spacial score (nSPS) is 10.8. The third-order valence-corrected chi connectivity index (χ3v) is 3.64. The maximum absolute atomic E-state index is 13.5. The van der Waals surface area contributed by atoms with Crippen LogP contribution in [0.1, 0.15) is 5.56 Å². The summed E-state index contributed by atoms with van der Waals surface area (Å²) in [6, 6.07) is 9.35. The molecular weight excluding hydrogens is 288 g/mol. The minimum absolute atomic E-state index is 0.0152. The molecule has 7 heteroatoms. The summed E-state index contributed by atoms with van der Waals surface area (Å²) < 4.78 is 54.8. The van der Waals surface area contributed by atoms with Gasteiger partial charge in [-0.2, -0.15) is 13.7 Å². The van der Waals surface area contributed by atoms with Gasteiger partial charge < -0.3 is 4.18 Å². The van der Waals surface area contributed by atoms with Gasteiger partial charge in [-0.3, -0.25) is 0 Å². The summed E-state index contributed by atoms with van der Waals surface area (Å²) >= 11 is 0. The number of nitriles is 1. The highest BCUT2D eigenvalue weighted by Gasteiger charge is 2.23. The maximum atomic E-state index is 13.5. The molecule has 0 heterocycles. The van der Waals surface area contributed by atoms with Gasteiger partial charge >= 0.3 is 10.1 Å². The number of benzene rings is 2. The summed E-state index contributed by atoms with van der Waals surface area (Å²) in [7, 11) is -4.49. The van der Waals surface area contributed by atoms with Crippen LogP contribution in [0, 0.1) is 23.0 Å². The smallest absolute Gasteiger partial charge is 0.342 e. The zero-order valence-electron chi connectivity index (χ0n) is 9.88. The molecule has 0 bridgehead atoms. The predicted octanol–water partition coefficient (Wildman–Crippen LogP) is 2.60. The molecule has 0 spiro atoms. The van der Waals surface area contributed by atoms with Gasteiger partial charge in [-0.05, 0) is 24.3 Å². The van der Waals surface area contributed by atoms with Crippen molar-refractivity contribution in [1.82, 2.24) is 0 Å². The molecule has 102 valence electrons. The summed E-state index contributed by atoms with van der Waals surface area (Å²) in [6.45, 7) is 0. The Labute approximate surface area is 114 Å². The maximum Gasteiger partial charge on any atom is 0.342 e. The first kappa shape index (κ1) is 14.0. The van der Waals surface area contributed by atoms with E-state index in [2.05, 4.69) is 0 Å². The van der Waals surface area contributed by atoms with Crippen LogP contribution in [-0.4, -0.2) is 8.42 Å². The monoisotopic (exact) mass is 295 g/mol. The van der Waals surface area contributed by atoms with Crippen molar-refractivity contribution in [3.05, 3.63) is 59.7 Å². The van der Waals surface area contributed by atoms with Crippen LogP contribution in [0.4, 0.5) is 8.78 Å². The second-order valence-corrected chi connectivity index (χ2v) is 5.23. The lowest BCUT2D eigenvalue weighted by Crippen LogP contribution is -2.12. The molecular formula is C13H7F2NO3S. The third-order valence-electron chi connectivity index (χ3n) is 2.37. The number of nitrogens with zero attached hydrogens (tertiary/aromatic N) is 1. The first-order chi connectivity index (χ1) is 9.44.